The second kappa shape index (κ2) is 8.01. The van der Waals surface area contributed by atoms with E-state index in [1.165, 1.54) is 0 Å². The zero-order valence-corrected chi connectivity index (χ0v) is 13.1. The van der Waals surface area contributed by atoms with Crippen molar-refractivity contribution in [2.45, 2.75) is 6.61 Å². The average molecular weight is 358 g/mol. The maximum atomic E-state index is 9.75. The summed E-state index contributed by atoms with van der Waals surface area (Å²) in [4.78, 5) is 3.19. The van der Waals surface area contributed by atoms with Gasteiger partial charge in [0, 0.05) is 6.07 Å². The Labute approximate surface area is 141 Å². The maximum Gasteiger partial charge on any atom is 0.673 e. The molecule has 1 heterocycles. The molecule has 8 heteroatoms. The molecule has 0 saturated heterocycles. The van der Waals surface area contributed by atoms with Crippen molar-refractivity contribution in [2.24, 2.45) is 0 Å². The first-order valence-corrected chi connectivity index (χ1v) is 7.35. The molecule has 0 radical (unpaired) electrons. The Bertz CT molecular complexity index is 793. The number of nitrogens with one attached hydrogen (secondary N) is 1. The minimum absolute atomic E-state index is 0.542. The van der Waals surface area contributed by atoms with Gasteiger partial charge >= 0.3 is 7.25 Å². The van der Waals surface area contributed by atoms with Gasteiger partial charge in [-0.05, 0) is 23.8 Å². The monoisotopic (exact) mass is 357 g/mol. The molecule has 0 aliphatic heterocycles. The van der Waals surface area contributed by atoms with Crippen LogP contribution in [-0.4, -0.2) is 7.25 Å². The molecule has 0 atom stereocenters. The van der Waals surface area contributed by atoms with Crippen LogP contribution in [0.4, 0.5) is 17.3 Å². The van der Waals surface area contributed by atoms with Gasteiger partial charge in [0.1, 0.15) is 6.61 Å². The molecule has 1 N–H and O–H groups in total. The second-order valence-electron chi connectivity index (χ2n) is 4.77. The number of fused-ring (bicyclic) bond motifs is 1. The van der Waals surface area contributed by atoms with Crippen LogP contribution < -0.4 is 9.72 Å². The van der Waals surface area contributed by atoms with Crippen molar-refractivity contribution in [3.05, 3.63) is 71.4 Å². The number of aromatic nitrogens is 1. The van der Waals surface area contributed by atoms with E-state index in [2.05, 4.69) is 4.98 Å². The lowest BCUT2D eigenvalue weighted by atomic mass is 10.2. The molecule has 2 nitrogen and oxygen atoms in total. The van der Waals surface area contributed by atoms with Crippen LogP contribution in [0.25, 0.3) is 10.9 Å². The van der Waals surface area contributed by atoms with Crippen LogP contribution in [0.3, 0.4) is 0 Å². The highest BCUT2D eigenvalue weighted by Crippen LogP contribution is 2.28. The van der Waals surface area contributed by atoms with Gasteiger partial charge in [0.05, 0.1) is 10.4 Å². The smallest absolute Gasteiger partial charge is 0.482 e. The van der Waals surface area contributed by atoms with Gasteiger partial charge in [-0.2, -0.15) is 0 Å². The van der Waals surface area contributed by atoms with Crippen molar-refractivity contribution in [1.82, 2.24) is 0 Å². The highest BCUT2D eigenvalue weighted by molar-refractivity contribution is 6.50. The fourth-order valence-corrected chi connectivity index (χ4v) is 2.24. The van der Waals surface area contributed by atoms with Gasteiger partial charge in [0.2, 0.25) is 0 Å². The number of hydrogen-bond acceptors (Lipinski definition) is 1. The number of aromatic amines is 1. The van der Waals surface area contributed by atoms with Gasteiger partial charge in [-0.25, -0.2) is 4.98 Å². The fourth-order valence-electron chi connectivity index (χ4n) is 2.02. The Morgan fingerprint density at radius 3 is 2.25 bits per heavy atom. The molecule has 1 aromatic heterocycles. The van der Waals surface area contributed by atoms with Crippen LogP contribution in [0, 0.1) is 0 Å². The van der Waals surface area contributed by atoms with Gasteiger partial charge in [-0.3, -0.25) is 0 Å². The third-order valence-corrected chi connectivity index (χ3v) is 3.31. The van der Waals surface area contributed by atoms with Crippen molar-refractivity contribution in [1.29, 1.82) is 0 Å². The lowest BCUT2D eigenvalue weighted by Gasteiger charge is -2.06. The molecule has 3 aromatic rings. The van der Waals surface area contributed by atoms with Gasteiger partial charge in [0.15, 0.2) is 11.9 Å². The highest BCUT2D eigenvalue weighted by atomic mass is 35.5. The topological polar surface area (TPSA) is 23.4 Å². The first-order chi connectivity index (χ1) is 11.3. The fraction of sp³-hybridized carbons (Fsp3) is 0.0625. The summed E-state index contributed by atoms with van der Waals surface area (Å²) < 4.78 is 44.9. The molecule has 0 aliphatic rings. The summed E-state index contributed by atoms with van der Waals surface area (Å²) in [6.45, 7) is 0.542. The van der Waals surface area contributed by atoms with E-state index in [0.29, 0.717) is 6.61 Å². The van der Waals surface area contributed by atoms with E-state index in [1.807, 2.05) is 60.8 Å². The van der Waals surface area contributed by atoms with Crippen LogP contribution in [0.15, 0.2) is 60.8 Å². The van der Waals surface area contributed by atoms with E-state index in [-0.39, 0.29) is 0 Å². The summed E-state index contributed by atoms with van der Waals surface area (Å²) in [5.74, 6) is 0.809. The molecule has 0 saturated carbocycles. The molecular formula is C16H13BClF4NO. The van der Waals surface area contributed by atoms with Crippen LogP contribution in [0.1, 0.15) is 5.56 Å². The van der Waals surface area contributed by atoms with E-state index in [9.17, 15) is 17.3 Å². The van der Waals surface area contributed by atoms with Gasteiger partial charge in [0.25, 0.3) is 5.52 Å². The van der Waals surface area contributed by atoms with Gasteiger partial charge in [-0.15, -0.1) is 0 Å². The first-order valence-electron chi connectivity index (χ1n) is 6.97. The van der Waals surface area contributed by atoms with Crippen molar-refractivity contribution >= 4 is 29.8 Å². The summed E-state index contributed by atoms with van der Waals surface area (Å²) in [6.07, 6.45) is 1.87. The number of ether oxygens (including phenoxy) is 1. The molecule has 126 valence electrons. The van der Waals surface area contributed by atoms with E-state index in [4.69, 9.17) is 16.3 Å². The molecule has 0 spiro atoms. The number of pyridine rings is 1. The minimum Gasteiger partial charge on any atom is -0.482 e. The molecular weight excluding hydrogens is 344 g/mol. The van der Waals surface area contributed by atoms with Crippen molar-refractivity contribution < 1.29 is 27.0 Å². The van der Waals surface area contributed by atoms with E-state index >= 15 is 0 Å². The molecule has 0 unspecified atom stereocenters. The van der Waals surface area contributed by atoms with Crippen LogP contribution >= 0.6 is 11.6 Å². The zero-order valence-electron chi connectivity index (χ0n) is 12.4. The van der Waals surface area contributed by atoms with Crippen molar-refractivity contribution in [2.75, 3.05) is 0 Å². The Morgan fingerprint density at radius 2 is 1.58 bits per heavy atom. The summed E-state index contributed by atoms with van der Waals surface area (Å²) in [6, 6.07) is 17.7. The summed E-state index contributed by atoms with van der Waals surface area (Å²) in [5, 5.41) is 1.69. The Hall–Kier alpha value is -2.28. The zero-order chi connectivity index (χ0) is 17.6. The number of rotatable bonds is 3. The number of halogens is 5. The lowest BCUT2D eigenvalue weighted by Crippen LogP contribution is -2.05. The van der Waals surface area contributed by atoms with Crippen LogP contribution in [0.2, 0.25) is 5.02 Å². The lowest BCUT2D eigenvalue weighted by molar-refractivity contribution is -0.345. The maximum absolute atomic E-state index is 9.75. The number of benzene rings is 2. The molecule has 0 fully saturated rings. The molecule has 0 bridgehead atoms. The predicted molar refractivity (Wildman–Crippen MR) is 86.5 cm³/mol. The van der Waals surface area contributed by atoms with E-state index in [0.717, 1.165) is 27.2 Å². The minimum atomic E-state index is -6.00. The second-order valence-corrected chi connectivity index (χ2v) is 5.18. The molecule has 24 heavy (non-hydrogen) atoms. The van der Waals surface area contributed by atoms with Crippen LogP contribution in [0.5, 0.6) is 5.75 Å². The molecule has 0 aliphatic carbocycles. The standard InChI is InChI=1S/C16H12ClNO.BF4/c17-14-8-9-15(16-13(14)7-4-10-18-16)19-11-12-5-2-1-3-6-12;2-1(3,4)5/h1-10H,11H2;/q;-1/p+1. The largest absolute Gasteiger partial charge is 0.673 e. The SMILES string of the molecule is Clc1ccc(OCc2ccccc2)c2[nH+]cccc12.F[B-](F)(F)F. The van der Waals surface area contributed by atoms with Crippen molar-refractivity contribution in [3.63, 3.8) is 0 Å². The summed E-state index contributed by atoms with van der Waals surface area (Å²) >= 11 is 6.17. The van der Waals surface area contributed by atoms with Gasteiger partial charge in [-0.1, -0.05) is 41.9 Å². The quantitative estimate of drug-likeness (QED) is 0.467. The molecule has 0 amide bonds. The predicted octanol–water partition coefficient (Wildman–Crippen LogP) is 5.19. The highest BCUT2D eigenvalue weighted by Gasteiger charge is 2.20. The van der Waals surface area contributed by atoms with Gasteiger partial charge < -0.3 is 22.0 Å². The normalized spacial score (nSPS) is 10.9. The third-order valence-electron chi connectivity index (χ3n) is 2.98. The van der Waals surface area contributed by atoms with Crippen LogP contribution in [-0.2, 0) is 6.61 Å². The number of H-pyrrole nitrogens is 1. The third kappa shape index (κ3) is 5.74. The Balaban J connectivity index is 0.000000368. The first kappa shape index (κ1) is 18.1. The Morgan fingerprint density at radius 1 is 0.917 bits per heavy atom. The van der Waals surface area contributed by atoms with E-state index < -0.39 is 7.25 Å². The summed E-state index contributed by atoms with van der Waals surface area (Å²) in [7, 11) is -6.00. The molecule has 3 rings (SSSR count). The molecule has 2 aromatic carbocycles. The van der Waals surface area contributed by atoms with E-state index in [1.54, 1.807) is 0 Å². The van der Waals surface area contributed by atoms with Crippen molar-refractivity contribution in [3.8, 4) is 5.75 Å². The summed E-state index contributed by atoms with van der Waals surface area (Å²) in [5.41, 5.74) is 2.06. The number of hydrogen-bond donors (Lipinski definition) is 0. The Kier molecular flexibility index (Phi) is 6.03. The average Bonchev–Trinajstić information content (AvgIpc) is 2.54.